The van der Waals surface area contributed by atoms with Gasteiger partial charge in [-0.1, -0.05) is 55.5 Å². The monoisotopic (exact) mass is 811 g/mol. The molecule has 2 aromatic heterocycles. The van der Waals surface area contributed by atoms with Crippen LogP contribution in [0, 0.1) is 7.27 Å². The van der Waals surface area contributed by atoms with Crippen molar-refractivity contribution < 1.29 is 10.2 Å². The molecule has 32 heavy (non-hydrogen) atoms. The van der Waals surface area contributed by atoms with Crippen molar-refractivity contribution in [2.75, 3.05) is 0 Å². The SMILES string of the molecule is CC(C)(C)c1cc(I)c(O)c(I)n1.CC(C)(C)c1ccc(O)cn1.[PH-]P(P(P)P)P(P)P. The Bertz CT molecular complexity index is 813. The molecule has 2 N–H and O–H groups in total. The zero-order valence-electron chi connectivity index (χ0n) is 19.0. The molecule has 0 aliphatic carbocycles. The smallest absolute Gasteiger partial charge is 0.160 e. The minimum Gasteiger partial charge on any atom is -0.515 e. The van der Waals surface area contributed by atoms with Crippen molar-refractivity contribution in [3.05, 3.63) is 43.1 Å². The molecule has 0 bridgehead atoms. The van der Waals surface area contributed by atoms with Crippen LogP contribution in [0.15, 0.2) is 24.4 Å². The topological polar surface area (TPSA) is 66.2 Å². The Kier molecular flexibility index (Phi) is 17.3. The summed E-state index contributed by atoms with van der Waals surface area (Å²) in [7, 11) is 15.0. The van der Waals surface area contributed by atoms with Crippen LogP contribution < -0.4 is 0 Å². The highest BCUT2D eigenvalue weighted by Gasteiger charge is 2.18. The van der Waals surface area contributed by atoms with Crippen LogP contribution in [0.5, 0.6) is 11.5 Å². The highest BCUT2D eigenvalue weighted by atomic mass is 127. The Balaban J connectivity index is 0.000000465. The quantitative estimate of drug-likeness (QED) is 0.180. The van der Waals surface area contributed by atoms with Gasteiger partial charge in [0.1, 0.15) is 9.45 Å². The van der Waals surface area contributed by atoms with Gasteiger partial charge in [0.15, 0.2) is 5.75 Å². The molecule has 4 nitrogen and oxygen atoms in total. The van der Waals surface area contributed by atoms with Crippen LogP contribution in [0.25, 0.3) is 0 Å². The number of hydrogen-bond acceptors (Lipinski definition) is 4. The maximum absolute atomic E-state index is 9.52. The van der Waals surface area contributed by atoms with E-state index in [1.165, 1.54) is 6.20 Å². The number of pyridine rings is 2. The number of aromatic nitrogens is 2. The molecule has 0 spiro atoms. The van der Waals surface area contributed by atoms with Crippen molar-refractivity contribution in [2.24, 2.45) is 0 Å². The fourth-order valence-corrected chi connectivity index (χ4v) is 32.3. The number of halogens is 2. The van der Waals surface area contributed by atoms with Crippen LogP contribution in [0.3, 0.4) is 0 Å². The van der Waals surface area contributed by atoms with E-state index in [1.54, 1.807) is 6.07 Å². The van der Waals surface area contributed by atoms with Gasteiger partial charge in [-0.15, -0.1) is 35.7 Å². The van der Waals surface area contributed by atoms with E-state index in [2.05, 4.69) is 119 Å². The van der Waals surface area contributed by atoms with E-state index in [1.807, 2.05) is 34.7 Å². The number of nitrogens with zero attached hydrogens (tertiary/aromatic N) is 2. The molecule has 2 heterocycles. The summed E-state index contributed by atoms with van der Waals surface area (Å²) in [6.45, 7) is 12.9. The van der Waals surface area contributed by atoms with Crippen LogP contribution in [-0.2, 0) is 10.8 Å². The molecule has 0 saturated heterocycles. The summed E-state index contributed by atoms with van der Waals surface area (Å²) in [4.78, 5) is 8.44. The van der Waals surface area contributed by atoms with E-state index < -0.39 is 0 Å². The Morgan fingerprint density at radius 3 is 1.62 bits per heavy atom. The van der Waals surface area contributed by atoms with Crippen molar-refractivity contribution in [3.8, 4) is 11.5 Å². The largest absolute Gasteiger partial charge is 0.515 e. The summed E-state index contributed by atoms with van der Waals surface area (Å²) < 4.78 is 1.54. The van der Waals surface area contributed by atoms with Gasteiger partial charge < -0.3 is 19.1 Å². The first-order valence-electron chi connectivity index (χ1n) is 9.19. The second-order valence-electron chi connectivity index (χ2n) is 8.58. The van der Waals surface area contributed by atoms with E-state index >= 15 is 0 Å². The lowest BCUT2D eigenvalue weighted by atomic mass is 9.92. The third-order valence-corrected chi connectivity index (χ3v) is 40.2. The molecule has 0 amide bonds. The average Bonchev–Trinajstić information content (AvgIpc) is 2.64. The van der Waals surface area contributed by atoms with Crippen molar-refractivity contribution in [1.29, 1.82) is 0 Å². The van der Waals surface area contributed by atoms with Crippen LogP contribution in [0.1, 0.15) is 52.9 Å². The lowest BCUT2D eigenvalue weighted by Crippen LogP contribution is -2.14. The second-order valence-corrected chi connectivity index (χ2v) is 38.0. The summed E-state index contributed by atoms with van der Waals surface area (Å²) in [6, 6.07) is 5.43. The molecule has 14 heteroatoms. The minimum atomic E-state index is 0.0353. The van der Waals surface area contributed by atoms with Crippen LogP contribution in [0.2, 0.25) is 0 Å². The molecule has 182 valence electrons. The van der Waals surface area contributed by atoms with E-state index in [-0.39, 0.29) is 43.3 Å². The Morgan fingerprint density at radius 1 is 0.875 bits per heavy atom. The predicted octanol–water partition coefficient (Wildman–Crippen LogP) is 9.86. The molecule has 2 rings (SSSR count). The summed E-state index contributed by atoms with van der Waals surface area (Å²) in [5.74, 6) is 0.507. The fraction of sp³-hybridized carbons (Fsp3) is 0.444. The van der Waals surface area contributed by atoms with Gasteiger partial charge in [0.2, 0.25) is 0 Å². The lowest BCUT2D eigenvalue weighted by Gasteiger charge is -2.29. The van der Waals surface area contributed by atoms with Gasteiger partial charge in [-0.2, -0.15) is 0 Å². The summed E-state index contributed by atoms with van der Waals surface area (Å²) in [5, 5.41) is 18.5. The van der Waals surface area contributed by atoms with Crippen molar-refractivity contribution in [1.82, 2.24) is 9.97 Å². The highest BCUT2D eigenvalue weighted by Crippen LogP contribution is 3.00. The second kappa shape index (κ2) is 15.9. The van der Waals surface area contributed by atoms with Gasteiger partial charge in [-0.05, 0) is 63.4 Å². The summed E-state index contributed by atoms with van der Waals surface area (Å²) in [5.41, 5.74) is 2.11. The lowest BCUT2D eigenvalue weighted by molar-refractivity contribution is 0.460. The Labute approximate surface area is 235 Å². The number of hydrogen-bond donors (Lipinski definition) is 2. The predicted molar refractivity (Wildman–Crippen MR) is 183 cm³/mol. The third-order valence-electron chi connectivity index (χ3n) is 3.63. The first-order chi connectivity index (χ1) is 14.4. The molecule has 0 radical (unpaired) electrons. The molecule has 4 unspecified atom stereocenters. The van der Waals surface area contributed by atoms with E-state index in [4.69, 9.17) is 5.11 Å². The maximum atomic E-state index is 9.52. The van der Waals surface area contributed by atoms with E-state index in [0.29, 0.717) is 3.70 Å². The van der Waals surface area contributed by atoms with Crippen molar-refractivity contribution in [3.63, 3.8) is 0 Å². The highest BCUT2D eigenvalue weighted by molar-refractivity contribution is 14.1. The molecule has 0 aliphatic heterocycles. The first kappa shape index (κ1) is 34.8. The molecule has 0 aliphatic rings. The Hall–Kier alpha value is 2.80. The van der Waals surface area contributed by atoms with E-state index in [0.717, 1.165) is 15.0 Å². The van der Waals surface area contributed by atoms with Crippen molar-refractivity contribution in [2.45, 2.75) is 52.4 Å². The molecule has 0 saturated carbocycles. The minimum absolute atomic E-state index is 0.0353. The van der Waals surface area contributed by atoms with Gasteiger partial charge in [-0.25, -0.2) is 12.0 Å². The van der Waals surface area contributed by atoms with Crippen LogP contribution >= 0.6 is 111 Å². The fourth-order valence-electron chi connectivity index (χ4n) is 1.81. The van der Waals surface area contributed by atoms with Crippen LogP contribution in [0.4, 0.5) is 0 Å². The Morgan fingerprint density at radius 2 is 1.34 bits per heavy atom. The average molecular weight is 811 g/mol. The summed E-state index contributed by atoms with van der Waals surface area (Å²) >= 11 is 4.17. The number of rotatable bonds is 2. The third kappa shape index (κ3) is 13.9. The zero-order chi connectivity index (χ0) is 25.4. The van der Waals surface area contributed by atoms with Gasteiger partial charge in [0.25, 0.3) is 0 Å². The molecular weight excluding hydrogens is 778 g/mol. The number of aromatic hydroxyl groups is 2. The standard InChI is InChI=1S/C9H11I2NO.C9H13NO.H9P8/c1-9(2,3)6-4-5(10)7(13)8(11)12-6;1-9(2,3)8-5-4-7(11)6-10-8;1-6(2)8(5)7(3)4/h4,13H,1-3H3;4-6,11H,1-3H3;5H,1-4H2/q;;-1. The van der Waals surface area contributed by atoms with Gasteiger partial charge in [0.05, 0.1) is 9.77 Å². The van der Waals surface area contributed by atoms with E-state index in [9.17, 15) is 5.11 Å². The normalized spacial score (nSPS) is 11.8. The first-order valence-corrected chi connectivity index (χ1v) is 24.6. The zero-order valence-corrected chi connectivity index (χ0v) is 31.6. The summed E-state index contributed by atoms with van der Waals surface area (Å²) in [6.07, 6.45) is 1.47. The van der Waals surface area contributed by atoms with Crippen LogP contribution in [-0.4, -0.2) is 20.2 Å². The van der Waals surface area contributed by atoms with Gasteiger partial charge in [0, 0.05) is 22.2 Å². The van der Waals surface area contributed by atoms with Gasteiger partial charge >= 0.3 is 0 Å². The molecule has 2 aromatic rings. The molecule has 0 fully saturated rings. The van der Waals surface area contributed by atoms with Gasteiger partial charge in [-0.3, -0.25) is 4.98 Å². The molecule has 0 aromatic carbocycles. The molecule has 4 atom stereocenters. The maximum Gasteiger partial charge on any atom is 0.160 e. The van der Waals surface area contributed by atoms with Crippen molar-refractivity contribution >= 4 is 111 Å². The molecular formula is C18H33I2N2O2P8-.